The molecule has 0 radical (unpaired) electrons. The Morgan fingerprint density at radius 1 is 0.812 bits per heavy atom. The Morgan fingerprint density at radius 2 is 1.19 bits per heavy atom. The fourth-order valence-electron chi connectivity index (χ4n) is 3.00. The van der Waals surface area contributed by atoms with Crippen LogP contribution in [0.1, 0.15) is 59.3 Å². The van der Waals surface area contributed by atoms with Crippen LogP contribution in [-0.2, 0) is 0 Å². The Hall–Kier alpha value is -0.0800. The maximum Gasteiger partial charge on any atom is 0.0594 e. The van der Waals surface area contributed by atoms with E-state index >= 15 is 0 Å². The smallest absolute Gasteiger partial charge is 0.0594 e. The SMILES string of the molecule is CCCCC1C(CCCC)N(C)C(C)N1C. The van der Waals surface area contributed by atoms with Gasteiger partial charge in [-0.3, -0.25) is 9.80 Å². The van der Waals surface area contributed by atoms with Gasteiger partial charge in [0.25, 0.3) is 0 Å². The molecule has 1 rings (SSSR count). The summed E-state index contributed by atoms with van der Waals surface area (Å²) in [5.41, 5.74) is 0. The first-order valence-electron chi connectivity index (χ1n) is 7.07. The molecule has 2 unspecified atom stereocenters. The molecule has 0 bridgehead atoms. The molecule has 16 heavy (non-hydrogen) atoms. The molecule has 1 saturated heterocycles. The second-order valence-electron chi connectivity index (χ2n) is 5.38. The maximum atomic E-state index is 2.58. The quantitative estimate of drug-likeness (QED) is 0.685. The third-order valence-corrected chi connectivity index (χ3v) is 4.38. The molecule has 2 atom stereocenters. The summed E-state index contributed by atoms with van der Waals surface area (Å²) < 4.78 is 0. The van der Waals surface area contributed by atoms with E-state index in [2.05, 4.69) is 44.7 Å². The lowest BCUT2D eigenvalue weighted by atomic mass is 9.97. The highest BCUT2D eigenvalue weighted by atomic mass is 15.4. The van der Waals surface area contributed by atoms with Crippen molar-refractivity contribution < 1.29 is 0 Å². The normalized spacial score (nSPS) is 32.4. The monoisotopic (exact) mass is 226 g/mol. The van der Waals surface area contributed by atoms with Gasteiger partial charge in [-0.1, -0.05) is 39.5 Å². The van der Waals surface area contributed by atoms with Crippen molar-refractivity contribution in [2.24, 2.45) is 0 Å². The molecule has 1 heterocycles. The highest BCUT2D eigenvalue weighted by Crippen LogP contribution is 2.30. The molecule has 0 aliphatic carbocycles. The van der Waals surface area contributed by atoms with Gasteiger partial charge in [0.1, 0.15) is 0 Å². The van der Waals surface area contributed by atoms with E-state index in [4.69, 9.17) is 0 Å². The molecule has 0 amide bonds. The van der Waals surface area contributed by atoms with E-state index in [-0.39, 0.29) is 0 Å². The Labute approximate surface area is 102 Å². The predicted molar refractivity (Wildman–Crippen MR) is 71.6 cm³/mol. The minimum Gasteiger partial charge on any atom is -0.287 e. The summed E-state index contributed by atoms with van der Waals surface area (Å²) in [6.45, 7) is 6.93. The zero-order valence-corrected chi connectivity index (χ0v) is 11.9. The minimum atomic E-state index is 0.615. The molecule has 1 aliphatic rings. The Morgan fingerprint density at radius 3 is 1.50 bits per heavy atom. The molecule has 0 aromatic heterocycles. The molecule has 2 heteroatoms. The number of unbranched alkanes of at least 4 members (excludes halogenated alkanes) is 2. The van der Waals surface area contributed by atoms with Crippen molar-refractivity contribution in [2.75, 3.05) is 14.1 Å². The van der Waals surface area contributed by atoms with Crippen LogP contribution in [-0.4, -0.2) is 42.1 Å². The van der Waals surface area contributed by atoms with E-state index in [1.54, 1.807) is 0 Å². The van der Waals surface area contributed by atoms with E-state index in [0.29, 0.717) is 6.17 Å². The average Bonchev–Trinajstić information content (AvgIpc) is 2.49. The van der Waals surface area contributed by atoms with Crippen LogP contribution in [0.4, 0.5) is 0 Å². The fourth-order valence-corrected chi connectivity index (χ4v) is 3.00. The van der Waals surface area contributed by atoms with Crippen LogP contribution in [0.15, 0.2) is 0 Å². The van der Waals surface area contributed by atoms with Gasteiger partial charge >= 0.3 is 0 Å². The predicted octanol–water partition coefficient (Wildman–Crippen LogP) is 3.33. The van der Waals surface area contributed by atoms with Crippen LogP contribution in [0.2, 0.25) is 0 Å². The van der Waals surface area contributed by atoms with Crippen molar-refractivity contribution in [1.29, 1.82) is 0 Å². The second-order valence-corrected chi connectivity index (χ2v) is 5.38. The van der Waals surface area contributed by atoms with Crippen LogP contribution in [0.25, 0.3) is 0 Å². The number of hydrogen-bond donors (Lipinski definition) is 0. The Kier molecular flexibility index (Phi) is 5.77. The second kappa shape index (κ2) is 6.61. The molecular weight excluding hydrogens is 196 g/mol. The topological polar surface area (TPSA) is 6.48 Å². The first kappa shape index (κ1) is 14.0. The summed E-state index contributed by atoms with van der Waals surface area (Å²) in [5, 5.41) is 0. The van der Waals surface area contributed by atoms with E-state index in [0.717, 1.165) is 12.1 Å². The molecule has 2 nitrogen and oxygen atoms in total. The van der Waals surface area contributed by atoms with Gasteiger partial charge in [0, 0.05) is 12.1 Å². The van der Waals surface area contributed by atoms with Crippen molar-refractivity contribution in [2.45, 2.75) is 77.5 Å². The van der Waals surface area contributed by atoms with Crippen molar-refractivity contribution in [3.8, 4) is 0 Å². The molecule has 0 aromatic carbocycles. The summed E-state index contributed by atoms with van der Waals surface area (Å²) in [6, 6.07) is 1.57. The maximum absolute atomic E-state index is 2.58. The molecule has 0 aromatic rings. The van der Waals surface area contributed by atoms with E-state index < -0.39 is 0 Å². The number of rotatable bonds is 6. The largest absolute Gasteiger partial charge is 0.287 e. The van der Waals surface area contributed by atoms with Crippen molar-refractivity contribution in [3.05, 3.63) is 0 Å². The van der Waals surface area contributed by atoms with Crippen molar-refractivity contribution in [3.63, 3.8) is 0 Å². The minimum absolute atomic E-state index is 0.615. The van der Waals surface area contributed by atoms with Crippen LogP contribution in [0.5, 0.6) is 0 Å². The summed E-state index contributed by atoms with van der Waals surface area (Å²) >= 11 is 0. The molecule has 96 valence electrons. The van der Waals surface area contributed by atoms with Crippen LogP contribution in [0, 0.1) is 0 Å². The van der Waals surface area contributed by atoms with Gasteiger partial charge in [-0.05, 0) is 33.9 Å². The number of nitrogens with zero attached hydrogens (tertiary/aromatic N) is 2. The first-order chi connectivity index (χ1) is 7.63. The van der Waals surface area contributed by atoms with Crippen molar-refractivity contribution >= 4 is 0 Å². The number of likely N-dealkylation sites (N-methyl/N-ethyl adjacent to an activating group) is 2. The highest BCUT2D eigenvalue weighted by Gasteiger charge is 2.39. The molecular formula is C14H30N2. The van der Waals surface area contributed by atoms with Gasteiger partial charge in [-0.25, -0.2) is 0 Å². The Bertz CT molecular complexity index is 173. The summed E-state index contributed by atoms with van der Waals surface area (Å²) in [6.07, 6.45) is 8.75. The van der Waals surface area contributed by atoms with E-state index in [1.165, 1.54) is 38.5 Å². The molecule has 1 aliphatic heterocycles. The van der Waals surface area contributed by atoms with Gasteiger partial charge in [0.2, 0.25) is 0 Å². The number of hydrogen-bond acceptors (Lipinski definition) is 2. The first-order valence-corrected chi connectivity index (χ1v) is 7.07. The summed E-state index contributed by atoms with van der Waals surface area (Å²) in [5.74, 6) is 0. The van der Waals surface area contributed by atoms with E-state index in [1.807, 2.05) is 0 Å². The average molecular weight is 226 g/mol. The van der Waals surface area contributed by atoms with Gasteiger partial charge in [-0.15, -0.1) is 0 Å². The standard InChI is InChI=1S/C14H30N2/c1-6-8-10-13-14(11-9-7-2)16(5)12(3)15(13)4/h12-14H,6-11H2,1-5H3. The molecule has 0 spiro atoms. The highest BCUT2D eigenvalue weighted by molar-refractivity contribution is 4.93. The zero-order valence-electron chi connectivity index (χ0n) is 11.9. The summed E-state index contributed by atoms with van der Waals surface area (Å²) in [7, 11) is 4.60. The van der Waals surface area contributed by atoms with Crippen LogP contribution in [0.3, 0.4) is 0 Å². The van der Waals surface area contributed by atoms with Crippen LogP contribution < -0.4 is 0 Å². The van der Waals surface area contributed by atoms with Crippen LogP contribution >= 0.6 is 0 Å². The molecule has 1 fully saturated rings. The third kappa shape index (κ3) is 2.98. The lowest BCUT2D eigenvalue weighted by molar-refractivity contribution is 0.177. The lowest BCUT2D eigenvalue weighted by Crippen LogP contribution is -2.35. The van der Waals surface area contributed by atoms with Gasteiger partial charge < -0.3 is 0 Å². The summed E-state index contributed by atoms with van der Waals surface area (Å²) in [4.78, 5) is 5.16. The third-order valence-electron chi connectivity index (χ3n) is 4.38. The van der Waals surface area contributed by atoms with Gasteiger partial charge in [0.05, 0.1) is 6.17 Å². The lowest BCUT2D eigenvalue weighted by Gasteiger charge is -2.25. The zero-order chi connectivity index (χ0) is 12.1. The Balaban J connectivity index is 2.59. The van der Waals surface area contributed by atoms with Gasteiger partial charge in [-0.2, -0.15) is 0 Å². The van der Waals surface area contributed by atoms with E-state index in [9.17, 15) is 0 Å². The molecule has 0 saturated carbocycles. The van der Waals surface area contributed by atoms with Gasteiger partial charge in [0.15, 0.2) is 0 Å². The molecule has 0 N–H and O–H groups in total. The fraction of sp³-hybridized carbons (Fsp3) is 1.00. The van der Waals surface area contributed by atoms with Crippen molar-refractivity contribution in [1.82, 2.24) is 9.80 Å².